The number of hydrogen-bond donors (Lipinski definition) is 4. The molecule has 0 aromatic heterocycles. The highest BCUT2D eigenvalue weighted by Crippen LogP contribution is 2.23. The minimum Gasteiger partial charge on any atom is -0.390 e. The summed E-state index contributed by atoms with van der Waals surface area (Å²) < 4.78 is 14.3. The van der Waals surface area contributed by atoms with Gasteiger partial charge in [0.25, 0.3) is 5.91 Å². The summed E-state index contributed by atoms with van der Waals surface area (Å²) in [4.78, 5) is 37.1. The van der Waals surface area contributed by atoms with Crippen molar-refractivity contribution in [3.05, 3.63) is 64.4 Å². The van der Waals surface area contributed by atoms with E-state index in [1.54, 1.807) is 24.3 Å². The van der Waals surface area contributed by atoms with Gasteiger partial charge in [0.05, 0.1) is 11.8 Å². The van der Waals surface area contributed by atoms with Gasteiger partial charge in [-0.1, -0.05) is 46.3 Å². The Bertz CT molecular complexity index is 958. The lowest BCUT2D eigenvalue weighted by atomic mass is 9.90. The number of benzene rings is 2. The van der Waals surface area contributed by atoms with Crippen molar-refractivity contribution in [2.45, 2.75) is 25.0 Å². The summed E-state index contributed by atoms with van der Waals surface area (Å²) in [5.41, 5.74) is 1.08. The predicted molar refractivity (Wildman–Crippen MR) is 106 cm³/mol. The number of halogens is 2. The van der Waals surface area contributed by atoms with Gasteiger partial charge in [0, 0.05) is 10.9 Å². The quantitative estimate of drug-likeness (QED) is 0.509. The third-order valence-electron chi connectivity index (χ3n) is 4.55. The number of hydrazine groups is 1. The zero-order valence-corrected chi connectivity index (χ0v) is 16.9. The maximum absolute atomic E-state index is 13.8. The van der Waals surface area contributed by atoms with Crippen molar-refractivity contribution >= 4 is 39.6 Å². The molecular formula is C19H18BrFN4O4. The van der Waals surface area contributed by atoms with E-state index in [9.17, 15) is 23.9 Å². The van der Waals surface area contributed by atoms with Crippen molar-refractivity contribution < 1.29 is 23.9 Å². The Morgan fingerprint density at radius 2 is 1.97 bits per heavy atom. The van der Waals surface area contributed by atoms with Crippen LogP contribution in [0.15, 0.2) is 53.0 Å². The van der Waals surface area contributed by atoms with Crippen LogP contribution in [0.25, 0.3) is 0 Å². The van der Waals surface area contributed by atoms with Crippen molar-refractivity contribution in [3.8, 4) is 0 Å². The van der Waals surface area contributed by atoms with E-state index in [4.69, 9.17) is 0 Å². The van der Waals surface area contributed by atoms with E-state index in [1.807, 2.05) is 6.07 Å². The normalized spacial score (nSPS) is 19.7. The summed E-state index contributed by atoms with van der Waals surface area (Å²) in [6.07, 6.45) is -1.12. The predicted octanol–water partition coefficient (Wildman–Crippen LogP) is 2.54. The molecule has 0 saturated carbocycles. The Hall–Kier alpha value is -2.98. The fraction of sp³-hybridized carbons (Fsp3) is 0.211. The van der Waals surface area contributed by atoms with Crippen LogP contribution < -0.4 is 16.1 Å². The Labute approximate surface area is 174 Å². The molecule has 1 heterocycles. The molecule has 4 N–H and O–H groups in total. The zero-order valence-electron chi connectivity index (χ0n) is 15.3. The van der Waals surface area contributed by atoms with Gasteiger partial charge in [-0.3, -0.25) is 4.79 Å². The number of amides is 5. The van der Waals surface area contributed by atoms with Gasteiger partial charge in [-0.15, -0.1) is 0 Å². The molecule has 0 spiro atoms. The fourth-order valence-corrected chi connectivity index (χ4v) is 3.20. The molecule has 2 aromatic carbocycles. The maximum atomic E-state index is 13.8. The van der Waals surface area contributed by atoms with Crippen LogP contribution in [0.4, 0.5) is 19.7 Å². The van der Waals surface area contributed by atoms with Crippen molar-refractivity contribution in [3.63, 3.8) is 0 Å². The number of rotatable bonds is 5. The fourth-order valence-electron chi connectivity index (χ4n) is 2.87. The van der Waals surface area contributed by atoms with E-state index in [0.717, 1.165) is 11.6 Å². The third kappa shape index (κ3) is 4.38. The molecule has 2 unspecified atom stereocenters. The van der Waals surface area contributed by atoms with E-state index in [-0.39, 0.29) is 12.1 Å². The molecular weight excluding hydrogens is 447 g/mol. The smallest absolute Gasteiger partial charge is 0.344 e. The summed E-state index contributed by atoms with van der Waals surface area (Å²) in [5.74, 6) is -1.53. The maximum Gasteiger partial charge on any atom is 0.344 e. The molecule has 5 amide bonds. The number of aliphatic hydroxyl groups is 1. The summed E-state index contributed by atoms with van der Waals surface area (Å²) in [6, 6.07) is 11.1. The van der Waals surface area contributed by atoms with Crippen LogP contribution in [-0.2, 0) is 11.2 Å². The second kappa shape index (κ2) is 8.18. The number of nitrogens with zero attached hydrogens (tertiary/aromatic N) is 1. The highest BCUT2D eigenvalue weighted by molar-refractivity contribution is 9.10. The molecule has 0 aliphatic carbocycles. The average molecular weight is 465 g/mol. The summed E-state index contributed by atoms with van der Waals surface area (Å²) >= 11 is 3.10. The summed E-state index contributed by atoms with van der Waals surface area (Å²) in [5, 5.41) is 15.6. The van der Waals surface area contributed by atoms with Gasteiger partial charge >= 0.3 is 12.1 Å². The molecule has 10 heteroatoms. The van der Waals surface area contributed by atoms with E-state index in [2.05, 4.69) is 32.0 Å². The lowest BCUT2D eigenvalue weighted by Gasteiger charge is -2.27. The monoisotopic (exact) mass is 464 g/mol. The number of nitrogens with one attached hydrogen (secondary N) is 3. The lowest BCUT2D eigenvalue weighted by molar-refractivity contribution is -0.135. The number of imide groups is 1. The summed E-state index contributed by atoms with van der Waals surface area (Å²) in [6.45, 7) is 1.37. The van der Waals surface area contributed by atoms with Gasteiger partial charge in [-0.2, -0.15) is 5.01 Å². The second-order valence-electron chi connectivity index (χ2n) is 6.67. The van der Waals surface area contributed by atoms with Crippen LogP contribution in [0.5, 0.6) is 0 Å². The molecule has 1 fully saturated rings. The lowest BCUT2D eigenvalue weighted by Crippen LogP contribution is -2.56. The minimum absolute atomic E-state index is 0.119. The third-order valence-corrected chi connectivity index (χ3v) is 5.04. The van der Waals surface area contributed by atoms with Gasteiger partial charge in [0.2, 0.25) is 0 Å². The Kier molecular flexibility index (Phi) is 5.85. The first kappa shape index (κ1) is 20.7. The van der Waals surface area contributed by atoms with Gasteiger partial charge in [0.1, 0.15) is 11.4 Å². The number of aliphatic hydroxyl groups excluding tert-OH is 1. The molecule has 0 radical (unpaired) electrons. The number of carbonyl (C=O) groups excluding carboxylic acids is 3. The molecule has 0 bridgehead atoms. The summed E-state index contributed by atoms with van der Waals surface area (Å²) in [7, 11) is 0. The Morgan fingerprint density at radius 3 is 2.62 bits per heavy atom. The second-order valence-corrected chi connectivity index (χ2v) is 7.58. The average Bonchev–Trinajstić information content (AvgIpc) is 2.89. The highest BCUT2D eigenvalue weighted by atomic mass is 79.9. The molecule has 1 saturated heterocycles. The number of hydrogen-bond acceptors (Lipinski definition) is 4. The van der Waals surface area contributed by atoms with Gasteiger partial charge < -0.3 is 15.7 Å². The van der Waals surface area contributed by atoms with Crippen LogP contribution in [0.2, 0.25) is 0 Å². The molecule has 152 valence electrons. The number of anilines is 1. The number of urea groups is 2. The minimum atomic E-state index is -1.64. The van der Waals surface area contributed by atoms with Crippen LogP contribution in [-0.4, -0.2) is 39.7 Å². The highest BCUT2D eigenvalue weighted by Gasteiger charge is 2.53. The largest absolute Gasteiger partial charge is 0.390 e. The van der Waals surface area contributed by atoms with Crippen LogP contribution >= 0.6 is 15.9 Å². The van der Waals surface area contributed by atoms with Gasteiger partial charge in [-0.05, 0) is 30.7 Å². The van der Waals surface area contributed by atoms with Crippen molar-refractivity contribution in [2.24, 2.45) is 0 Å². The van der Waals surface area contributed by atoms with Gasteiger partial charge in [-0.25, -0.2) is 19.4 Å². The first-order chi connectivity index (χ1) is 13.7. The molecule has 8 nitrogen and oxygen atoms in total. The van der Waals surface area contributed by atoms with Crippen LogP contribution in [0.3, 0.4) is 0 Å². The molecule has 2 aromatic rings. The topological polar surface area (TPSA) is 111 Å². The Morgan fingerprint density at radius 1 is 1.28 bits per heavy atom. The molecule has 3 rings (SSSR count). The Balaban J connectivity index is 1.68. The van der Waals surface area contributed by atoms with E-state index in [1.165, 1.54) is 19.1 Å². The standard InChI is InChI=1S/C19H18BrFN4O4/c1-19(15(26)9-11-5-3-2-4-6-11)16(27)25(18(29)23-19)24-17(28)22-14-8-7-12(20)10-13(14)21/h2-8,10,15,26H,9H2,1H3,(H,23,29)(H2,22,24,28). The van der Waals surface area contributed by atoms with Crippen LogP contribution in [0, 0.1) is 5.82 Å². The number of carbonyl (C=O) groups is 3. The van der Waals surface area contributed by atoms with E-state index >= 15 is 0 Å². The van der Waals surface area contributed by atoms with Gasteiger partial charge in [0.15, 0.2) is 0 Å². The first-order valence-electron chi connectivity index (χ1n) is 8.62. The van der Waals surface area contributed by atoms with Crippen LogP contribution in [0.1, 0.15) is 12.5 Å². The van der Waals surface area contributed by atoms with E-state index in [0.29, 0.717) is 9.48 Å². The SMILES string of the molecule is CC1(C(O)Cc2ccccc2)NC(=O)N(NC(=O)Nc2ccc(Br)cc2F)C1=O. The molecule has 2 atom stereocenters. The molecule has 1 aliphatic rings. The first-order valence-corrected chi connectivity index (χ1v) is 9.41. The van der Waals surface area contributed by atoms with Crippen molar-refractivity contribution in [1.29, 1.82) is 0 Å². The van der Waals surface area contributed by atoms with E-state index < -0.39 is 35.4 Å². The van der Waals surface area contributed by atoms with Crippen molar-refractivity contribution in [2.75, 3.05) is 5.32 Å². The molecule has 1 aliphatic heterocycles. The zero-order chi connectivity index (χ0) is 21.2. The van der Waals surface area contributed by atoms with Crippen molar-refractivity contribution in [1.82, 2.24) is 15.8 Å². The molecule has 29 heavy (non-hydrogen) atoms.